The molecule has 1 spiro atoms. The van der Waals surface area contributed by atoms with Crippen LogP contribution in [0.3, 0.4) is 0 Å². The van der Waals surface area contributed by atoms with E-state index >= 15 is 38.4 Å². The van der Waals surface area contributed by atoms with Crippen LogP contribution in [0.5, 0.6) is 0 Å². The number of nitrogens with one attached hydrogen (secondary N) is 3. The van der Waals surface area contributed by atoms with Crippen molar-refractivity contribution in [2.45, 2.75) is 209 Å². The average molecular weight is 1530 g/mol. The number of fused-ring (bicyclic) bond motifs is 3. The molecular weight excluding hydrogens is 1430 g/mol. The van der Waals surface area contributed by atoms with Crippen molar-refractivity contribution in [1.82, 2.24) is 60.0 Å². The molecule has 4 aliphatic heterocycles. The number of nitrogens with zero attached hydrogens (tertiary/aromatic N) is 9. The van der Waals surface area contributed by atoms with Crippen LogP contribution in [0.15, 0.2) is 42.5 Å². The van der Waals surface area contributed by atoms with Crippen molar-refractivity contribution in [1.29, 1.82) is 0 Å². The van der Waals surface area contributed by atoms with E-state index in [1.807, 2.05) is 13.8 Å². The molecule has 6 aliphatic rings. The third kappa shape index (κ3) is 20.0. The number of halogens is 7. The Morgan fingerprint density at radius 3 is 1.85 bits per heavy atom. The fraction of sp³-hybridized carbons (Fsp3) is 0.676. The number of morpholine rings is 1. The number of likely N-dealkylation sites (N-methyl/N-ethyl adjacent to an activating group) is 6. The molecule has 2 aliphatic carbocycles. The summed E-state index contributed by atoms with van der Waals surface area (Å²) >= 11 is 6.13. The van der Waals surface area contributed by atoms with Crippen LogP contribution in [0.25, 0.3) is 0 Å². The number of aliphatic hydroxyl groups excluding tert-OH is 1. The molecule has 4 saturated heterocycles. The molecule has 33 heteroatoms. The molecule has 0 unspecified atom stereocenters. The van der Waals surface area contributed by atoms with Crippen LogP contribution in [-0.2, 0) is 87.5 Å². The van der Waals surface area contributed by atoms with Crippen LogP contribution in [-0.4, -0.2) is 275 Å². The highest BCUT2D eigenvalue weighted by atomic mass is 35.5. The summed E-state index contributed by atoms with van der Waals surface area (Å²) < 4.78 is 89.1. The van der Waals surface area contributed by atoms with Crippen LogP contribution in [0.1, 0.15) is 146 Å². The number of carbonyl (C=O) groups excluding carboxylic acids is 12. The number of carbonyl (C=O) groups is 12. The largest absolute Gasteiger partial charge is 0.417 e. The van der Waals surface area contributed by atoms with Gasteiger partial charge in [-0.1, -0.05) is 76.8 Å². The van der Waals surface area contributed by atoms with Crippen molar-refractivity contribution in [3.63, 3.8) is 0 Å². The molecule has 4 heterocycles. The minimum atomic E-state index is -4.84. The van der Waals surface area contributed by atoms with Gasteiger partial charge in [-0.15, -0.1) is 0 Å². The molecule has 6 fully saturated rings. The molecular formula is C74H103ClF6N12O14. The SMILES string of the molecule is CC[C@H](C)[C@@H]1NC(=O)[C@H](CC(C)C)N(C)C(=O)C[C@@H](C(=O)N2CCOCC2)N(C)C(=O)[C@H](C2CCCC2)N(C)C(=O)C2(CCC2)NC(=O)[C@@H]2[C@@H](O)CCN2C(=O)[C@H](CCc2ccc(C(F)(F)F)c(Cl)c2)NC(=O)CN(C)C(=O)[C@H](Cc2ccc(C(F)(F)F)cc2)N2CCCC[C@@H](C2=O)N(C)C(=O)CN(C)C1=O. The van der Waals surface area contributed by atoms with Gasteiger partial charge in [0.05, 0.1) is 55.0 Å². The van der Waals surface area contributed by atoms with E-state index in [1.165, 1.54) is 61.9 Å². The van der Waals surface area contributed by atoms with Gasteiger partial charge in [0.2, 0.25) is 70.9 Å². The number of alkyl halides is 6. The van der Waals surface area contributed by atoms with Gasteiger partial charge in [0.15, 0.2) is 0 Å². The number of rotatable bonds is 11. The van der Waals surface area contributed by atoms with E-state index in [0.717, 1.165) is 67.0 Å². The number of ether oxygens (including phenoxy) is 1. The summed E-state index contributed by atoms with van der Waals surface area (Å²) in [7, 11) is 8.00. The van der Waals surface area contributed by atoms with E-state index in [1.54, 1.807) is 13.8 Å². The average Bonchev–Trinajstić information content (AvgIpc) is 1.61. The molecule has 107 heavy (non-hydrogen) atoms. The summed E-state index contributed by atoms with van der Waals surface area (Å²) in [4.78, 5) is 191. The fourth-order valence-corrected chi connectivity index (χ4v) is 15.8. The second-order valence-electron chi connectivity index (χ2n) is 30.1. The predicted molar refractivity (Wildman–Crippen MR) is 378 cm³/mol. The Bertz CT molecular complexity index is 3590. The van der Waals surface area contributed by atoms with Crippen LogP contribution < -0.4 is 16.0 Å². The van der Waals surface area contributed by atoms with Gasteiger partial charge in [-0.2, -0.15) is 26.3 Å². The number of hydrogen-bond acceptors (Lipinski definition) is 14. The Morgan fingerprint density at radius 1 is 0.636 bits per heavy atom. The number of hydrogen-bond donors (Lipinski definition) is 4. The predicted octanol–water partition coefficient (Wildman–Crippen LogP) is 4.67. The normalized spacial score (nSPS) is 26.9. The Kier molecular flexibility index (Phi) is 28.4. The Balaban J connectivity index is 1.21. The van der Waals surface area contributed by atoms with Gasteiger partial charge >= 0.3 is 12.4 Å². The van der Waals surface area contributed by atoms with Crippen molar-refractivity contribution in [3.8, 4) is 0 Å². The molecule has 12 amide bonds. The van der Waals surface area contributed by atoms with Gasteiger partial charge in [0, 0.05) is 74.9 Å². The van der Waals surface area contributed by atoms with Gasteiger partial charge in [0.1, 0.15) is 53.9 Å². The van der Waals surface area contributed by atoms with Gasteiger partial charge in [-0.3, -0.25) is 57.5 Å². The lowest BCUT2D eigenvalue weighted by Crippen LogP contribution is -2.69. The molecule has 2 aromatic rings. The zero-order valence-corrected chi connectivity index (χ0v) is 63.3. The molecule has 26 nitrogen and oxygen atoms in total. The number of amides is 12. The van der Waals surface area contributed by atoms with E-state index in [9.17, 15) is 50.6 Å². The number of aryl methyl sites for hydroxylation is 1. The molecule has 0 radical (unpaired) electrons. The summed E-state index contributed by atoms with van der Waals surface area (Å²) in [6.07, 6.45) is -9.38. The molecule has 4 N–H and O–H groups in total. The monoisotopic (exact) mass is 1530 g/mol. The van der Waals surface area contributed by atoms with Gasteiger partial charge < -0.3 is 69.9 Å². The van der Waals surface area contributed by atoms with Crippen LogP contribution in [0.2, 0.25) is 5.02 Å². The molecule has 8 rings (SSSR count). The van der Waals surface area contributed by atoms with Crippen molar-refractivity contribution in [3.05, 3.63) is 69.7 Å². The maximum Gasteiger partial charge on any atom is 0.417 e. The smallest absolute Gasteiger partial charge is 0.390 e. The van der Waals surface area contributed by atoms with E-state index in [2.05, 4.69) is 16.0 Å². The van der Waals surface area contributed by atoms with E-state index < -0.39 is 204 Å². The first kappa shape index (κ1) is 84.5. The fourth-order valence-electron chi connectivity index (χ4n) is 15.4. The number of aliphatic hydroxyl groups is 1. The van der Waals surface area contributed by atoms with E-state index in [0.29, 0.717) is 44.9 Å². The highest BCUT2D eigenvalue weighted by molar-refractivity contribution is 6.31. The molecule has 10 atom stereocenters. The summed E-state index contributed by atoms with van der Waals surface area (Å²) in [5.41, 5.74) is -3.58. The summed E-state index contributed by atoms with van der Waals surface area (Å²) in [5, 5.41) is 19.4. The van der Waals surface area contributed by atoms with Gasteiger partial charge in [-0.05, 0) is 130 Å². The lowest BCUT2D eigenvalue weighted by Gasteiger charge is -2.47. The lowest BCUT2D eigenvalue weighted by atomic mass is 9.74. The van der Waals surface area contributed by atoms with Gasteiger partial charge in [0.25, 0.3) is 0 Å². The third-order valence-corrected chi connectivity index (χ3v) is 22.6. The van der Waals surface area contributed by atoms with Gasteiger partial charge in [-0.25, -0.2) is 0 Å². The zero-order chi connectivity index (χ0) is 78.9. The Labute approximate surface area is 625 Å². The quantitative estimate of drug-likeness (QED) is 0.222. The van der Waals surface area contributed by atoms with Crippen molar-refractivity contribution in [2.75, 3.05) is 94.8 Å². The number of benzene rings is 2. The Hall–Kier alpha value is -8.13. The maximum absolute atomic E-state index is 15.7. The first-order valence-electron chi connectivity index (χ1n) is 36.9. The summed E-state index contributed by atoms with van der Waals surface area (Å²) in [6.45, 7) is 5.68. The molecule has 0 aromatic heterocycles. The molecule has 2 aromatic carbocycles. The summed E-state index contributed by atoms with van der Waals surface area (Å²) in [6, 6.07) is -4.96. The van der Waals surface area contributed by atoms with Crippen molar-refractivity contribution in [2.24, 2.45) is 17.8 Å². The second-order valence-corrected chi connectivity index (χ2v) is 30.5. The molecule has 2 bridgehead atoms. The minimum absolute atomic E-state index is 0.0299. The molecule has 2 saturated carbocycles. The van der Waals surface area contributed by atoms with Crippen LogP contribution in [0.4, 0.5) is 26.3 Å². The first-order valence-corrected chi connectivity index (χ1v) is 37.3. The van der Waals surface area contributed by atoms with E-state index in [-0.39, 0.29) is 101 Å². The standard InChI is InChI=1S/C74H103ClF6N12O14/c1-11-44(4)60-69(104)86(6)42-59(97)87(7)52-19-14-15-31-92(68(52)103)55(39-46-20-24-48(25-21-46)73(76,77)78)66(101)85(5)41-57(95)82-51(27-23-45-22-26-49(50(75)38-45)74(79,80)81)65(100)93-32-28-56(94)62(93)64(99)84-72(29-16-30-72)71(106)90(10)61(47-17-12-13-18-47)70(105)89(9)54(67(102)91-33-35-107-36-34-91)40-58(96)88(8)53(37-43(2)3)63(98)83-60/h20-22,24-26,38,43-44,47,51-56,60-62,94H,11-19,23,27-37,39-42H2,1-10H3,(H,82,95)(H,83,98)(H,84,99)/t44-,51-,52-,53-,54-,55-,56-,60-,61-,62-/m0/s1. The molecule has 592 valence electrons. The van der Waals surface area contributed by atoms with Crippen LogP contribution >= 0.6 is 11.6 Å². The maximum atomic E-state index is 15.7. The lowest BCUT2D eigenvalue weighted by molar-refractivity contribution is -0.159. The van der Waals surface area contributed by atoms with Crippen molar-refractivity contribution >= 4 is 82.5 Å². The highest BCUT2D eigenvalue weighted by Crippen LogP contribution is 2.40. The van der Waals surface area contributed by atoms with E-state index in [4.69, 9.17) is 16.3 Å². The van der Waals surface area contributed by atoms with Crippen LogP contribution in [0, 0.1) is 17.8 Å². The first-order chi connectivity index (χ1) is 50.3. The topological polar surface area (TPSA) is 300 Å². The van der Waals surface area contributed by atoms with Crippen molar-refractivity contribution < 1.29 is 93.7 Å². The highest BCUT2D eigenvalue weighted by Gasteiger charge is 2.54. The minimum Gasteiger partial charge on any atom is -0.390 e. The second kappa shape index (κ2) is 35.9. The third-order valence-electron chi connectivity index (χ3n) is 22.3. The summed E-state index contributed by atoms with van der Waals surface area (Å²) in [5.74, 6) is -11.0. The zero-order valence-electron chi connectivity index (χ0n) is 62.6. The Morgan fingerprint density at radius 2 is 1.26 bits per heavy atom.